The summed E-state index contributed by atoms with van der Waals surface area (Å²) in [5, 5.41) is 12.7. The van der Waals surface area contributed by atoms with Crippen LogP contribution in [0.2, 0.25) is 0 Å². The number of imide groups is 1. The number of hydrogen-bond acceptors (Lipinski definition) is 5. The standard InChI is InChI=1S/C12H13BrN2O6/c1-20-9-4-7(2-3-8(9)13)14-12(19)15-10(16)5-21-6-11(17)18/h2-4H,5-6H2,1H3,(H,17,18)(H2,14,15,16,19). The zero-order chi connectivity index (χ0) is 15.8. The number of halogens is 1. The first kappa shape index (κ1) is 16.9. The van der Waals surface area contributed by atoms with Crippen molar-refractivity contribution in [1.82, 2.24) is 5.32 Å². The lowest BCUT2D eigenvalue weighted by molar-refractivity contribution is -0.143. The number of carbonyl (C=O) groups excluding carboxylic acids is 2. The number of benzene rings is 1. The van der Waals surface area contributed by atoms with Crippen LogP contribution in [-0.2, 0) is 14.3 Å². The maximum absolute atomic E-state index is 11.5. The molecular weight excluding hydrogens is 348 g/mol. The molecule has 3 N–H and O–H groups in total. The zero-order valence-electron chi connectivity index (χ0n) is 11.0. The summed E-state index contributed by atoms with van der Waals surface area (Å²) in [6.07, 6.45) is 0. The number of ether oxygens (including phenoxy) is 2. The molecular formula is C12H13BrN2O6. The highest BCUT2D eigenvalue weighted by atomic mass is 79.9. The molecule has 0 aliphatic heterocycles. The van der Waals surface area contributed by atoms with Crippen LogP contribution in [0.1, 0.15) is 0 Å². The predicted octanol–water partition coefficient (Wildman–Crippen LogP) is 1.21. The Morgan fingerprint density at radius 2 is 2.00 bits per heavy atom. The molecule has 0 saturated heterocycles. The van der Waals surface area contributed by atoms with Crippen molar-refractivity contribution in [3.63, 3.8) is 0 Å². The van der Waals surface area contributed by atoms with Gasteiger partial charge in [0.1, 0.15) is 19.0 Å². The van der Waals surface area contributed by atoms with Gasteiger partial charge < -0.3 is 19.9 Å². The van der Waals surface area contributed by atoms with Crippen LogP contribution >= 0.6 is 15.9 Å². The van der Waals surface area contributed by atoms with E-state index in [2.05, 4.69) is 26.0 Å². The lowest BCUT2D eigenvalue weighted by atomic mass is 10.3. The van der Waals surface area contributed by atoms with Gasteiger partial charge in [0, 0.05) is 11.8 Å². The first-order valence-electron chi connectivity index (χ1n) is 5.66. The predicted molar refractivity (Wildman–Crippen MR) is 76.3 cm³/mol. The number of nitrogens with one attached hydrogen (secondary N) is 2. The summed E-state index contributed by atoms with van der Waals surface area (Å²) >= 11 is 3.27. The van der Waals surface area contributed by atoms with Crippen LogP contribution in [0.4, 0.5) is 10.5 Å². The molecule has 0 bridgehead atoms. The fourth-order valence-electron chi connectivity index (χ4n) is 1.29. The van der Waals surface area contributed by atoms with Crippen molar-refractivity contribution in [2.24, 2.45) is 0 Å². The topological polar surface area (TPSA) is 114 Å². The fraction of sp³-hybridized carbons (Fsp3) is 0.250. The summed E-state index contributed by atoms with van der Waals surface area (Å²) in [4.78, 5) is 33.0. The molecule has 0 unspecified atom stereocenters. The highest BCUT2D eigenvalue weighted by Crippen LogP contribution is 2.27. The van der Waals surface area contributed by atoms with E-state index in [1.165, 1.54) is 7.11 Å². The van der Waals surface area contributed by atoms with Crippen molar-refractivity contribution >= 4 is 39.5 Å². The van der Waals surface area contributed by atoms with Crippen LogP contribution in [0.25, 0.3) is 0 Å². The van der Waals surface area contributed by atoms with Crippen molar-refractivity contribution in [2.75, 3.05) is 25.6 Å². The normalized spacial score (nSPS) is 9.81. The SMILES string of the molecule is COc1cc(NC(=O)NC(=O)COCC(=O)O)ccc1Br. The number of aliphatic carboxylic acids is 1. The van der Waals surface area contributed by atoms with Gasteiger partial charge in [-0.3, -0.25) is 10.1 Å². The number of amides is 3. The summed E-state index contributed by atoms with van der Waals surface area (Å²) in [5.74, 6) is -1.43. The summed E-state index contributed by atoms with van der Waals surface area (Å²) in [6, 6.07) is 4.09. The Balaban J connectivity index is 2.46. The molecule has 8 nitrogen and oxygen atoms in total. The lowest BCUT2D eigenvalue weighted by Gasteiger charge is -2.09. The van der Waals surface area contributed by atoms with Gasteiger partial charge in [-0.15, -0.1) is 0 Å². The molecule has 0 spiro atoms. The van der Waals surface area contributed by atoms with Crippen molar-refractivity contribution in [3.8, 4) is 5.75 Å². The Kier molecular flexibility index (Phi) is 6.63. The van der Waals surface area contributed by atoms with E-state index in [4.69, 9.17) is 9.84 Å². The van der Waals surface area contributed by atoms with Crippen molar-refractivity contribution < 1.29 is 29.0 Å². The van der Waals surface area contributed by atoms with Gasteiger partial charge in [0.25, 0.3) is 5.91 Å². The van der Waals surface area contributed by atoms with Crippen LogP contribution in [0.15, 0.2) is 22.7 Å². The van der Waals surface area contributed by atoms with Gasteiger partial charge in [-0.1, -0.05) is 0 Å². The quantitative estimate of drug-likeness (QED) is 0.702. The number of anilines is 1. The monoisotopic (exact) mass is 360 g/mol. The minimum atomic E-state index is -1.20. The Hall–Kier alpha value is -2.13. The van der Waals surface area contributed by atoms with E-state index < -0.39 is 31.1 Å². The molecule has 21 heavy (non-hydrogen) atoms. The van der Waals surface area contributed by atoms with E-state index in [0.29, 0.717) is 15.9 Å². The summed E-state index contributed by atoms with van der Waals surface area (Å²) in [7, 11) is 1.48. The summed E-state index contributed by atoms with van der Waals surface area (Å²) in [6.45, 7) is -1.14. The molecule has 0 fully saturated rings. The number of methoxy groups -OCH3 is 1. The number of hydrogen-bond donors (Lipinski definition) is 3. The maximum atomic E-state index is 11.5. The number of carboxylic acid groups (broad SMARTS) is 1. The minimum absolute atomic E-state index is 0.423. The van der Waals surface area contributed by atoms with E-state index in [1.807, 2.05) is 5.32 Å². The van der Waals surface area contributed by atoms with Gasteiger partial charge >= 0.3 is 12.0 Å². The molecule has 0 saturated carbocycles. The minimum Gasteiger partial charge on any atom is -0.495 e. The number of carbonyl (C=O) groups is 3. The van der Waals surface area contributed by atoms with E-state index in [-0.39, 0.29) is 0 Å². The summed E-state index contributed by atoms with van der Waals surface area (Å²) in [5.41, 5.74) is 0.423. The second-order valence-electron chi connectivity index (χ2n) is 3.74. The van der Waals surface area contributed by atoms with Crippen molar-refractivity contribution in [1.29, 1.82) is 0 Å². The zero-order valence-corrected chi connectivity index (χ0v) is 12.6. The third kappa shape index (κ3) is 6.23. The van der Waals surface area contributed by atoms with Crippen LogP contribution in [-0.4, -0.2) is 43.3 Å². The van der Waals surface area contributed by atoms with Gasteiger partial charge in [0.15, 0.2) is 0 Å². The second kappa shape index (κ2) is 8.22. The molecule has 114 valence electrons. The number of rotatable bonds is 6. The molecule has 0 heterocycles. The third-order valence-corrected chi connectivity index (χ3v) is 2.78. The van der Waals surface area contributed by atoms with Gasteiger partial charge in [0.2, 0.25) is 0 Å². The third-order valence-electron chi connectivity index (χ3n) is 2.12. The second-order valence-corrected chi connectivity index (χ2v) is 4.59. The average Bonchev–Trinajstić information content (AvgIpc) is 2.40. The first-order chi connectivity index (χ1) is 9.92. The molecule has 3 amide bonds. The van der Waals surface area contributed by atoms with Crippen molar-refractivity contribution in [3.05, 3.63) is 22.7 Å². The molecule has 0 aromatic heterocycles. The Labute approximate surface area is 128 Å². The molecule has 0 atom stereocenters. The lowest BCUT2D eigenvalue weighted by Crippen LogP contribution is -2.37. The highest BCUT2D eigenvalue weighted by molar-refractivity contribution is 9.10. The Bertz CT molecular complexity index is 549. The summed E-state index contributed by atoms with van der Waals surface area (Å²) < 4.78 is 10.3. The van der Waals surface area contributed by atoms with Gasteiger partial charge in [-0.25, -0.2) is 9.59 Å². The fourth-order valence-corrected chi connectivity index (χ4v) is 1.70. The molecule has 0 aliphatic rings. The smallest absolute Gasteiger partial charge is 0.329 e. The van der Waals surface area contributed by atoms with Crippen LogP contribution in [0.3, 0.4) is 0 Å². The van der Waals surface area contributed by atoms with E-state index >= 15 is 0 Å². The first-order valence-corrected chi connectivity index (χ1v) is 6.45. The molecule has 1 rings (SSSR count). The molecule has 9 heteroatoms. The molecule has 0 radical (unpaired) electrons. The number of urea groups is 1. The average molecular weight is 361 g/mol. The van der Waals surface area contributed by atoms with E-state index in [1.54, 1.807) is 18.2 Å². The number of carboxylic acids is 1. The van der Waals surface area contributed by atoms with Gasteiger partial charge in [0.05, 0.1) is 11.6 Å². The van der Waals surface area contributed by atoms with Gasteiger partial charge in [-0.2, -0.15) is 0 Å². The van der Waals surface area contributed by atoms with E-state index in [9.17, 15) is 14.4 Å². The molecule has 0 aliphatic carbocycles. The van der Waals surface area contributed by atoms with Crippen LogP contribution in [0.5, 0.6) is 5.75 Å². The highest BCUT2D eigenvalue weighted by Gasteiger charge is 2.10. The molecule has 1 aromatic carbocycles. The Morgan fingerprint density at radius 3 is 2.62 bits per heavy atom. The van der Waals surface area contributed by atoms with Crippen LogP contribution < -0.4 is 15.4 Å². The van der Waals surface area contributed by atoms with E-state index in [0.717, 1.165) is 0 Å². The Morgan fingerprint density at radius 1 is 1.29 bits per heavy atom. The molecule has 1 aromatic rings. The largest absolute Gasteiger partial charge is 0.495 e. The maximum Gasteiger partial charge on any atom is 0.329 e. The van der Waals surface area contributed by atoms with Crippen LogP contribution in [0, 0.1) is 0 Å². The van der Waals surface area contributed by atoms with Gasteiger partial charge in [-0.05, 0) is 28.1 Å². The van der Waals surface area contributed by atoms with Crippen molar-refractivity contribution in [2.45, 2.75) is 0 Å².